The molecule has 2 rings (SSSR count). The summed E-state index contributed by atoms with van der Waals surface area (Å²) >= 11 is 0. The zero-order chi connectivity index (χ0) is 18.3. The van der Waals surface area contributed by atoms with Crippen LogP contribution in [0.5, 0.6) is 11.5 Å². The van der Waals surface area contributed by atoms with Crippen molar-refractivity contribution in [2.45, 2.75) is 4.90 Å². The van der Waals surface area contributed by atoms with E-state index >= 15 is 0 Å². The number of carbonyl (C=O) groups excluding carboxylic acids is 1. The molecule has 8 nitrogen and oxygen atoms in total. The van der Waals surface area contributed by atoms with E-state index in [9.17, 15) is 13.2 Å². The quantitative estimate of drug-likeness (QED) is 0.365. The number of ether oxygens (including phenoxy) is 3. The normalized spacial score (nSPS) is 11.1. The van der Waals surface area contributed by atoms with Gasteiger partial charge in [-0.1, -0.05) is 18.2 Å². The van der Waals surface area contributed by atoms with Crippen LogP contribution in [0.2, 0.25) is 0 Å². The molecule has 0 heterocycles. The molecule has 0 bridgehead atoms. The number of sulfonamides is 1. The van der Waals surface area contributed by atoms with Crippen LogP contribution in [0.4, 0.5) is 4.79 Å². The van der Waals surface area contributed by atoms with E-state index in [1.165, 1.54) is 44.7 Å². The minimum Gasteiger partial charge on any atom is -0.493 e. The van der Waals surface area contributed by atoms with E-state index in [0.717, 1.165) is 0 Å². The van der Waals surface area contributed by atoms with Crippen LogP contribution < -0.4 is 14.3 Å². The second kappa shape index (κ2) is 8.15. The Bertz CT molecular complexity index is 865. The molecule has 0 atom stereocenters. The molecule has 0 unspecified atom stereocenters. The van der Waals surface area contributed by atoms with E-state index in [0.29, 0.717) is 5.56 Å². The zero-order valence-electron chi connectivity index (χ0n) is 13.5. The minimum absolute atomic E-state index is 0.103. The highest BCUT2D eigenvalue weighted by atomic mass is 32.2. The van der Waals surface area contributed by atoms with E-state index in [1.54, 1.807) is 24.3 Å². The fourth-order valence-electron chi connectivity index (χ4n) is 1.80. The summed E-state index contributed by atoms with van der Waals surface area (Å²) in [5.74, 6) is 0.427. The maximum absolute atomic E-state index is 12.0. The van der Waals surface area contributed by atoms with Gasteiger partial charge in [0.1, 0.15) is 0 Å². The van der Waals surface area contributed by atoms with Gasteiger partial charge in [0, 0.05) is 0 Å². The van der Waals surface area contributed by atoms with Crippen molar-refractivity contribution < 1.29 is 27.4 Å². The van der Waals surface area contributed by atoms with Gasteiger partial charge in [-0.25, -0.2) is 9.63 Å². The van der Waals surface area contributed by atoms with Gasteiger partial charge in [-0.2, -0.15) is 13.5 Å². The van der Waals surface area contributed by atoms with Crippen molar-refractivity contribution in [3.8, 4) is 11.5 Å². The maximum atomic E-state index is 12.0. The topological polar surface area (TPSA) is 103 Å². The molecular formula is C16H16N2O6S. The van der Waals surface area contributed by atoms with Gasteiger partial charge in [0.05, 0.1) is 25.3 Å². The molecule has 0 amide bonds. The van der Waals surface area contributed by atoms with Crippen LogP contribution >= 0.6 is 0 Å². The minimum atomic E-state index is -3.74. The second-order valence-corrected chi connectivity index (χ2v) is 6.29. The Kier molecular flexibility index (Phi) is 5.96. The van der Waals surface area contributed by atoms with Crippen LogP contribution in [0.25, 0.3) is 0 Å². The van der Waals surface area contributed by atoms with Gasteiger partial charge in [0.15, 0.2) is 11.5 Å². The van der Waals surface area contributed by atoms with E-state index < -0.39 is 16.2 Å². The van der Waals surface area contributed by atoms with Crippen molar-refractivity contribution in [3.05, 3.63) is 54.1 Å². The van der Waals surface area contributed by atoms with Crippen molar-refractivity contribution in [3.63, 3.8) is 0 Å². The molecule has 0 radical (unpaired) electrons. The standard InChI is InChI=1S/C16H16N2O6S/c1-22-15-10-12(8-9-14(15)24-16(19)23-2)11-17-18-25(20,21)13-6-4-3-5-7-13/h3-11,18H,1-2H3/b17-11-. The van der Waals surface area contributed by atoms with Crippen LogP contribution in [0, 0.1) is 0 Å². The third kappa shape index (κ3) is 4.95. The smallest absolute Gasteiger partial charge is 0.493 e. The van der Waals surface area contributed by atoms with Crippen LogP contribution in [-0.4, -0.2) is 35.0 Å². The fourth-order valence-corrected chi connectivity index (χ4v) is 2.62. The SMILES string of the molecule is COC(=O)Oc1ccc(/C=N\NS(=O)(=O)c2ccccc2)cc1OC. The number of hydrogen-bond donors (Lipinski definition) is 1. The van der Waals surface area contributed by atoms with Gasteiger partial charge >= 0.3 is 6.16 Å². The Morgan fingerprint density at radius 2 is 1.80 bits per heavy atom. The third-order valence-electron chi connectivity index (χ3n) is 2.99. The van der Waals surface area contributed by atoms with Crippen molar-refractivity contribution in [1.29, 1.82) is 0 Å². The highest BCUT2D eigenvalue weighted by Crippen LogP contribution is 2.27. The van der Waals surface area contributed by atoms with Crippen LogP contribution in [0.15, 0.2) is 58.5 Å². The number of carbonyl (C=O) groups is 1. The highest BCUT2D eigenvalue weighted by molar-refractivity contribution is 7.89. The van der Waals surface area contributed by atoms with Gasteiger partial charge in [-0.05, 0) is 35.9 Å². The molecule has 0 saturated carbocycles. The molecule has 132 valence electrons. The predicted octanol–water partition coefficient (Wildman–Crippen LogP) is 2.15. The van der Waals surface area contributed by atoms with Gasteiger partial charge < -0.3 is 14.2 Å². The molecule has 0 aliphatic heterocycles. The summed E-state index contributed by atoms with van der Waals surface area (Å²) in [6.45, 7) is 0. The van der Waals surface area contributed by atoms with Gasteiger partial charge in [-0.3, -0.25) is 0 Å². The lowest BCUT2D eigenvalue weighted by atomic mass is 10.2. The first-order valence-corrected chi connectivity index (χ1v) is 8.48. The largest absolute Gasteiger partial charge is 0.513 e. The molecule has 25 heavy (non-hydrogen) atoms. The first-order valence-electron chi connectivity index (χ1n) is 7.00. The lowest BCUT2D eigenvalue weighted by molar-refractivity contribution is 0.120. The molecule has 9 heteroatoms. The molecule has 0 aliphatic rings. The third-order valence-corrected chi connectivity index (χ3v) is 4.23. The van der Waals surface area contributed by atoms with Crippen molar-refractivity contribution in [1.82, 2.24) is 4.83 Å². The first-order chi connectivity index (χ1) is 12.0. The summed E-state index contributed by atoms with van der Waals surface area (Å²) in [4.78, 5) is 13.4. The van der Waals surface area contributed by atoms with E-state index in [1.807, 2.05) is 0 Å². The maximum Gasteiger partial charge on any atom is 0.513 e. The summed E-state index contributed by atoms with van der Waals surface area (Å²) in [5, 5.41) is 3.72. The van der Waals surface area contributed by atoms with Crippen LogP contribution in [0.1, 0.15) is 5.56 Å². The van der Waals surface area contributed by atoms with E-state index in [-0.39, 0.29) is 16.4 Å². The molecule has 0 spiro atoms. The number of hydrogen-bond acceptors (Lipinski definition) is 7. The molecule has 0 aromatic heterocycles. The molecule has 2 aromatic carbocycles. The van der Waals surface area contributed by atoms with Gasteiger partial charge in [0.2, 0.25) is 0 Å². The Morgan fingerprint density at radius 1 is 1.08 bits per heavy atom. The Labute approximate surface area is 145 Å². The Hall–Kier alpha value is -3.07. The average molecular weight is 364 g/mol. The number of methoxy groups -OCH3 is 2. The lowest BCUT2D eigenvalue weighted by Gasteiger charge is -2.08. The van der Waals surface area contributed by atoms with Crippen molar-refractivity contribution in [2.24, 2.45) is 5.10 Å². The monoisotopic (exact) mass is 364 g/mol. The molecule has 0 aliphatic carbocycles. The van der Waals surface area contributed by atoms with Crippen LogP contribution in [-0.2, 0) is 14.8 Å². The van der Waals surface area contributed by atoms with Gasteiger partial charge in [0.25, 0.3) is 10.0 Å². The Morgan fingerprint density at radius 3 is 2.44 bits per heavy atom. The average Bonchev–Trinajstić information content (AvgIpc) is 2.63. The predicted molar refractivity (Wildman–Crippen MR) is 90.4 cm³/mol. The lowest BCUT2D eigenvalue weighted by Crippen LogP contribution is -2.18. The van der Waals surface area contributed by atoms with E-state index in [2.05, 4.69) is 14.7 Å². The number of rotatable bonds is 6. The number of hydrazone groups is 1. The number of nitrogens with one attached hydrogen (secondary N) is 1. The summed E-state index contributed by atoms with van der Waals surface area (Å²) < 4.78 is 38.5. The summed E-state index contributed by atoms with van der Waals surface area (Å²) in [6, 6.07) is 12.4. The van der Waals surface area contributed by atoms with Gasteiger partial charge in [-0.15, -0.1) is 0 Å². The second-order valence-electron chi connectivity index (χ2n) is 4.63. The summed E-state index contributed by atoms with van der Waals surface area (Å²) in [5.41, 5.74) is 0.532. The number of benzene rings is 2. The molecule has 1 N–H and O–H groups in total. The van der Waals surface area contributed by atoms with Crippen LogP contribution in [0.3, 0.4) is 0 Å². The summed E-state index contributed by atoms with van der Waals surface area (Å²) in [6.07, 6.45) is 0.417. The highest BCUT2D eigenvalue weighted by Gasteiger charge is 2.12. The zero-order valence-corrected chi connectivity index (χ0v) is 14.3. The Balaban J connectivity index is 2.12. The molecule has 0 saturated heterocycles. The first kappa shape index (κ1) is 18.3. The van der Waals surface area contributed by atoms with Crippen molar-refractivity contribution >= 4 is 22.4 Å². The summed E-state index contributed by atoms with van der Waals surface area (Å²) in [7, 11) is -1.15. The fraction of sp³-hybridized carbons (Fsp3) is 0.125. The number of nitrogens with zero attached hydrogens (tertiary/aromatic N) is 1. The van der Waals surface area contributed by atoms with Crippen molar-refractivity contribution in [2.75, 3.05) is 14.2 Å². The van der Waals surface area contributed by atoms with E-state index in [4.69, 9.17) is 9.47 Å². The molecule has 2 aromatic rings. The molecular weight excluding hydrogens is 348 g/mol. The molecule has 0 fully saturated rings.